The van der Waals surface area contributed by atoms with E-state index in [0.717, 1.165) is 32.9 Å². The lowest BCUT2D eigenvalue weighted by Gasteiger charge is -2.07. The Morgan fingerprint density at radius 1 is 1.11 bits per heavy atom. The largest absolute Gasteiger partial charge is 0.464 e. The second-order valence-electron chi connectivity index (χ2n) is 6.57. The maximum Gasteiger partial charge on any atom is 0.310 e. The average molecular weight is 395 g/mol. The van der Waals surface area contributed by atoms with Gasteiger partial charge in [0.1, 0.15) is 12.2 Å². The topological polar surface area (TPSA) is 57.9 Å². The molecule has 0 spiro atoms. The highest BCUT2D eigenvalue weighted by Gasteiger charge is 2.19. The number of halogens is 1. The molecule has 0 amide bonds. The van der Waals surface area contributed by atoms with Crippen LogP contribution in [0.5, 0.6) is 11.5 Å². The molecule has 28 heavy (non-hydrogen) atoms. The van der Waals surface area contributed by atoms with Crippen LogP contribution in [0.3, 0.4) is 0 Å². The van der Waals surface area contributed by atoms with Crippen molar-refractivity contribution in [3.63, 3.8) is 0 Å². The summed E-state index contributed by atoms with van der Waals surface area (Å²) in [4.78, 5) is 12.4. The van der Waals surface area contributed by atoms with E-state index in [-0.39, 0.29) is 25.8 Å². The number of hydrogen-bond acceptors (Lipinski definition) is 5. The van der Waals surface area contributed by atoms with Crippen LogP contribution in [0.15, 0.2) is 59.2 Å². The molecule has 140 valence electrons. The molecule has 1 aromatic heterocycles. The Kier molecular flexibility index (Phi) is 4.10. The number of fused-ring (bicyclic) bond motifs is 4. The fourth-order valence-corrected chi connectivity index (χ4v) is 3.77. The molecule has 6 heteroatoms. The minimum Gasteiger partial charge on any atom is -0.464 e. The predicted molar refractivity (Wildman–Crippen MR) is 105 cm³/mol. The van der Waals surface area contributed by atoms with Crippen LogP contribution >= 0.6 is 11.6 Å². The van der Waals surface area contributed by atoms with Gasteiger partial charge in [0.2, 0.25) is 6.79 Å². The molecule has 2 heterocycles. The molecular weight excluding hydrogens is 380 g/mol. The van der Waals surface area contributed by atoms with Gasteiger partial charge in [-0.2, -0.15) is 0 Å². The molecule has 0 saturated carbocycles. The van der Waals surface area contributed by atoms with E-state index >= 15 is 0 Å². The van der Waals surface area contributed by atoms with E-state index in [0.29, 0.717) is 16.5 Å². The number of furan rings is 1. The molecule has 0 atom stereocenters. The summed E-state index contributed by atoms with van der Waals surface area (Å²) in [6, 6.07) is 15.4. The molecule has 5 nitrogen and oxygen atoms in total. The SMILES string of the molecule is O=C(Cc1coc2ccc3ccccc3c12)OCc1cc(Cl)c2c(c1)OCO2. The van der Waals surface area contributed by atoms with Crippen molar-refractivity contribution in [1.82, 2.24) is 0 Å². The molecule has 5 rings (SSSR count). The highest BCUT2D eigenvalue weighted by molar-refractivity contribution is 6.32. The third-order valence-electron chi connectivity index (χ3n) is 4.76. The molecule has 0 saturated heterocycles. The average Bonchev–Trinajstić information content (AvgIpc) is 3.34. The molecule has 0 bridgehead atoms. The zero-order valence-corrected chi connectivity index (χ0v) is 15.5. The van der Waals surface area contributed by atoms with Gasteiger partial charge in [-0.15, -0.1) is 0 Å². The van der Waals surface area contributed by atoms with Crippen LogP contribution in [0, 0.1) is 0 Å². The van der Waals surface area contributed by atoms with Crippen LogP contribution in [0.2, 0.25) is 5.02 Å². The first-order valence-electron chi connectivity index (χ1n) is 8.80. The van der Waals surface area contributed by atoms with E-state index in [1.807, 2.05) is 36.4 Å². The van der Waals surface area contributed by atoms with Crippen LogP contribution in [-0.4, -0.2) is 12.8 Å². The summed E-state index contributed by atoms with van der Waals surface area (Å²) in [7, 11) is 0. The molecule has 3 aromatic carbocycles. The lowest BCUT2D eigenvalue weighted by Crippen LogP contribution is -2.07. The first-order chi connectivity index (χ1) is 13.7. The summed E-state index contributed by atoms with van der Waals surface area (Å²) in [6.45, 7) is 0.242. The van der Waals surface area contributed by atoms with Crippen molar-refractivity contribution in [2.45, 2.75) is 13.0 Å². The van der Waals surface area contributed by atoms with Gasteiger partial charge in [-0.05, 0) is 34.5 Å². The monoisotopic (exact) mass is 394 g/mol. The second kappa shape index (κ2) is 6.77. The Morgan fingerprint density at radius 2 is 2.00 bits per heavy atom. The highest BCUT2D eigenvalue weighted by Crippen LogP contribution is 2.40. The Morgan fingerprint density at radius 3 is 2.93 bits per heavy atom. The van der Waals surface area contributed by atoms with E-state index in [2.05, 4.69) is 0 Å². The number of benzene rings is 3. The summed E-state index contributed by atoms with van der Waals surface area (Å²) < 4.78 is 21.7. The van der Waals surface area contributed by atoms with E-state index < -0.39 is 0 Å². The highest BCUT2D eigenvalue weighted by atomic mass is 35.5. The normalized spacial score (nSPS) is 12.6. The van der Waals surface area contributed by atoms with Gasteiger partial charge in [0.05, 0.1) is 17.7 Å². The third kappa shape index (κ3) is 2.94. The van der Waals surface area contributed by atoms with Crippen LogP contribution in [-0.2, 0) is 22.6 Å². The zero-order chi connectivity index (χ0) is 19.1. The van der Waals surface area contributed by atoms with Crippen molar-refractivity contribution >= 4 is 39.3 Å². The summed E-state index contributed by atoms with van der Waals surface area (Å²) in [5.41, 5.74) is 2.30. The van der Waals surface area contributed by atoms with Crippen molar-refractivity contribution in [2.24, 2.45) is 0 Å². The summed E-state index contributed by atoms with van der Waals surface area (Å²) in [5, 5.41) is 3.54. The number of carbonyl (C=O) groups excluding carboxylic acids is 1. The second-order valence-corrected chi connectivity index (χ2v) is 6.98. The Hall–Kier alpha value is -3.18. The molecule has 0 aliphatic carbocycles. The summed E-state index contributed by atoms with van der Waals surface area (Å²) in [6.07, 6.45) is 1.75. The number of ether oxygens (including phenoxy) is 3. The van der Waals surface area contributed by atoms with Gasteiger partial charge in [-0.3, -0.25) is 4.79 Å². The first kappa shape index (κ1) is 17.0. The van der Waals surface area contributed by atoms with E-state index in [1.165, 1.54) is 0 Å². The molecule has 0 radical (unpaired) electrons. The van der Waals surface area contributed by atoms with Crippen molar-refractivity contribution in [2.75, 3.05) is 6.79 Å². The van der Waals surface area contributed by atoms with Crippen LogP contribution in [0.1, 0.15) is 11.1 Å². The predicted octanol–water partition coefficient (Wildman–Crippen LogP) is 5.25. The fraction of sp³-hybridized carbons (Fsp3) is 0.136. The van der Waals surface area contributed by atoms with Crippen molar-refractivity contribution in [3.8, 4) is 11.5 Å². The van der Waals surface area contributed by atoms with Gasteiger partial charge in [0.25, 0.3) is 0 Å². The molecule has 0 N–H and O–H groups in total. The summed E-state index contributed by atoms with van der Waals surface area (Å²) in [5.74, 6) is 0.740. The number of hydrogen-bond donors (Lipinski definition) is 0. The quantitative estimate of drug-likeness (QED) is 0.442. The molecular formula is C22H15ClO5. The fourth-order valence-electron chi connectivity index (χ4n) is 3.48. The van der Waals surface area contributed by atoms with Gasteiger partial charge in [-0.25, -0.2) is 0 Å². The van der Waals surface area contributed by atoms with Crippen molar-refractivity contribution < 1.29 is 23.4 Å². The Bertz CT molecular complexity index is 1210. The molecule has 1 aliphatic heterocycles. The molecule has 0 unspecified atom stereocenters. The number of esters is 1. The van der Waals surface area contributed by atoms with E-state index in [9.17, 15) is 4.79 Å². The van der Waals surface area contributed by atoms with Crippen molar-refractivity contribution in [3.05, 3.63) is 70.9 Å². The van der Waals surface area contributed by atoms with E-state index in [4.69, 9.17) is 30.2 Å². The van der Waals surface area contributed by atoms with Crippen LogP contribution in [0.25, 0.3) is 21.7 Å². The Balaban J connectivity index is 1.35. The molecule has 0 fully saturated rings. The number of rotatable bonds is 4. The third-order valence-corrected chi connectivity index (χ3v) is 5.04. The maximum atomic E-state index is 12.4. The lowest BCUT2D eigenvalue weighted by molar-refractivity contribution is -0.144. The zero-order valence-electron chi connectivity index (χ0n) is 14.7. The molecule has 1 aliphatic rings. The van der Waals surface area contributed by atoms with Crippen molar-refractivity contribution in [1.29, 1.82) is 0 Å². The lowest BCUT2D eigenvalue weighted by atomic mass is 10.0. The first-order valence-corrected chi connectivity index (χ1v) is 9.18. The van der Waals surface area contributed by atoms with Gasteiger partial charge in [0, 0.05) is 10.9 Å². The minimum atomic E-state index is -0.343. The van der Waals surface area contributed by atoms with Crippen LogP contribution in [0.4, 0.5) is 0 Å². The number of carbonyl (C=O) groups is 1. The van der Waals surface area contributed by atoms with Crippen LogP contribution < -0.4 is 9.47 Å². The van der Waals surface area contributed by atoms with Gasteiger partial charge >= 0.3 is 5.97 Å². The smallest absolute Gasteiger partial charge is 0.310 e. The summed E-state index contributed by atoms with van der Waals surface area (Å²) >= 11 is 6.17. The Labute approximate surface area is 165 Å². The van der Waals surface area contributed by atoms with Gasteiger partial charge in [-0.1, -0.05) is 41.9 Å². The maximum absolute atomic E-state index is 12.4. The standard InChI is InChI=1S/C22H15ClO5/c23-17-7-13(8-19-22(17)28-12-27-19)10-26-20(24)9-15-11-25-18-6-5-14-3-1-2-4-16(14)21(15)18/h1-8,11H,9-10,12H2. The van der Waals surface area contributed by atoms with Gasteiger partial charge < -0.3 is 18.6 Å². The molecule has 4 aromatic rings. The van der Waals surface area contributed by atoms with Gasteiger partial charge in [0.15, 0.2) is 11.5 Å². The van der Waals surface area contributed by atoms with E-state index in [1.54, 1.807) is 18.4 Å². The minimum absolute atomic E-state index is 0.103.